The highest BCUT2D eigenvalue weighted by atomic mass is 16.6. The summed E-state index contributed by atoms with van der Waals surface area (Å²) < 4.78 is 0. The van der Waals surface area contributed by atoms with Crippen molar-refractivity contribution in [3.05, 3.63) is 151 Å². The molecule has 0 heterocycles. The molecule has 4 aromatic rings. The van der Waals surface area contributed by atoms with Gasteiger partial charge in [-0.2, -0.15) is 5.10 Å². The lowest BCUT2D eigenvalue weighted by atomic mass is 9.87. The van der Waals surface area contributed by atoms with Crippen LogP contribution in [0.5, 0.6) is 0 Å². The molecule has 4 N–H and O–H groups in total. The van der Waals surface area contributed by atoms with E-state index in [0.29, 0.717) is 23.0 Å². The molecule has 0 atom stereocenters. The van der Waals surface area contributed by atoms with Crippen LogP contribution in [0.4, 0.5) is 11.4 Å². The zero-order valence-corrected chi connectivity index (χ0v) is 28.2. The normalized spacial score (nSPS) is 10.8. The van der Waals surface area contributed by atoms with Crippen LogP contribution in [0, 0.1) is 20.2 Å². The number of rotatable bonds is 7. The highest BCUT2D eigenvalue weighted by molar-refractivity contribution is 5.95. The zero-order valence-electron chi connectivity index (χ0n) is 28.2. The second-order valence-corrected chi connectivity index (χ2v) is 12.6. The van der Waals surface area contributed by atoms with Gasteiger partial charge < -0.3 is 0 Å². The van der Waals surface area contributed by atoms with Crippen molar-refractivity contribution in [1.82, 2.24) is 10.9 Å². The fraction of sp³-hybridized carbons (Fsp3) is 0.222. The number of nitro groups is 2. The minimum atomic E-state index is -0.580. The van der Waals surface area contributed by atoms with Gasteiger partial charge in [0.05, 0.1) is 27.2 Å². The van der Waals surface area contributed by atoms with Gasteiger partial charge in [-0.1, -0.05) is 90.1 Å². The predicted molar refractivity (Wildman–Crippen MR) is 189 cm³/mol. The number of carbonyl (C=O) groups excluding carboxylic acids is 3. The molecule has 49 heavy (non-hydrogen) atoms. The van der Waals surface area contributed by atoms with E-state index in [0.717, 1.165) is 5.56 Å². The van der Waals surface area contributed by atoms with Gasteiger partial charge in [-0.3, -0.25) is 40.0 Å². The van der Waals surface area contributed by atoms with Crippen molar-refractivity contribution in [3.8, 4) is 0 Å². The number of hydrazone groups is 1. The zero-order chi connectivity index (χ0) is 36.8. The lowest BCUT2D eigenvalue weighted by Crippen LogP contribution is -2.30. The first-order chi connectivity index (χ1) is 23.0. The molecule has 256 valence electrons. The molecule has 0 saturated carbocycles. The quantitative estimate of drug-likeness (QED) is 0.0485. The van der Waals surface area contributed by atoms with Crippen LogP contribution in [-0.4, -0.2) is 34.2 Å². The van der Waals surface area contributed by atoms with Crippen LogP contribution >= 0.6 is 0 Å². The molecule has 2 amide bonds. The lowest BCUT2D eigenvalue weighted by Gasteiger charge is -2.18. The van der Waals surface area contributed by atoms with E-state index in [4.69, 9.17) is 5.84 Å². The van der Waals surface area contributed by atoms with Gasteiger partial charge in [0.2, 0.25) is 0 Å². The van der Waals surface area contributed by atoms with Crippen LogP contribution in [0.3, 0.4) is 0 Å². The van der Waals surface area contributed by atoms with Crippen molar-refractivity contribution >= 4 is 35.7 Å². The summed E-state index contributed by atoms with van der Waals surface area (Å²) in [5.41, 5.74) is 8.21. The van der Waals surface area contributed by atoms with Crippen LogP contribution < -0.4 is 16.7 Å². The largest absolute Gasteiger partial charge is 0.298 e. The molecular formula is C36H40N6O7. The van der Waals surface area contributed by atoms with E-state index in [1.54, 1.807) is 48.5 Å². The number of hydrogen-bond acceptors (Lipinski definition) is 9. The molecule has 0 spiro atoms. The Hall–Kier alpha value is -6.08. The number of hydrazine groups is 1. The molecule has 0 saturated heterocycles. The Balaban J connectivity index is 0.000000282. The molecule has 4 aromatic carbocycles. The molecule has 4 rings (SSSR count). The molecule has 0 radical (unpaired) electrons. The van der Waals surface area contributed by atoms with Gasteiger partial charge in [-0.05, 0) is 58.4 Å². The monoisotopic (exact) mass is 668 g/mol. The van der Waals surface area contributed by atoms with Crippen LogP contribution in [0.25, 0.3) is 0 Å². The van der Waals surface area contributed by atoms with Crippen molar-refractivity contribution in [1.29, 1.82) is 0 Å². The van der Waals surface area contributed by atoms with Crippen molar-refractivity contribution in [2.24, 2.45) is 10.9 Å². The Kier molecular flexibility index (Phi) is 14.1. The van der Waals surface area contributed by atoms with Gasteiger partial charge in [-0.25, -0.2) is 11.3 Å². The average Bonchev–Trinajstić information content (AvgIpc) is 3.07. The maximum atomic E-state index is 12.1. The average molecular weight is 669 g/mol. The molecule has 0 unspecified atom stereocenters. The van der Waals surface area contributed by atoms with Gasteiger partial charge in [0.25, 0.3) is 23.2 Å². The number of benzene rings is 4. The van der Waals surface area contributed by atoms with Crippen molar-refractivity contribution in [2.75, 3.05) is 0 Å². The second kappa shape index (κ2) is 17.7. The number of hydrogen-bond donors (Lipinski definition) is 3. The topological polar surface area (TPSA) is 200 Å². The molecular weight excluding hydrogens is 628 g/mol. The lowest BCUT2D eigenvalue weighted by molar-refractivity contribution is -0.385. The van der Waals surface area contributed by atoms with E-state index in [2.05, 4.69) is 57.5 Å². The molecule has 13 heteroatoms. The Morgan fingerprint density at radius 2 is 1.04 bits per heavy atom. The summed E-state index contributed by atoms with van der Waals surface area (Å²) in [6.07, 6.45) is 1.73. The number of aldehydes is 1. The van der Waals surface area contributed by atoms with Gasteiger partial charge >= 0.3 is 0 Å². The van der Waals surface area contributed by atoms with Crippen molar-refractivity contribution < 1.29 is 24.2 Å². The number of nitrogens with two attached hydrogens (primary N) is 1. The second-order valence-electron chi connectivity index (χ2n) is 12.6. The highest BCUT2D eigenvalue weighted by Crippen LogP contribution is 2.23. The summed E-state index contributed by atoms with van der Waals surface area (Å²) in [6, 6.07) is 26.7. The number of amides is 2. The molecule has 0 aromatic heterocycles. The van der Waals surface area contributed by atoms with E-state index in [1.165, 1.54) is 36.0 Å². The van der Waals surface area contributed by atoms with Crippen LogP contribution in [0.1, 0.15) is 89.3 Å². The smallest absolute Gasteiger partial charge is 0.279 e. The van der Waals surface area contributed by atoms with Crippen LogP contribution in [-0.2, 0) is 10.8 Å². The minimum Gasteiger partial charge on any atom is -0.298 e. The molecule has 13 nitrogen and oxygen atoms in total. The number of para-hydroxylation sites is 2. The standard InChI is InChI=1S/C18H19N3O3.C11H16N2O.C7H5NO3/c1-18(2,3)15-10-8-13(9-11-15)17(22)20-19-12-14-6-4-5-7-16(14)21(23)24;1-11(2,3)9-6-4-8(5-7-9)10(14)13-12;9-5-6-3-1-2-4-7(6)8(10)11/h4-12H,1-3H3,(H,20,22);4-7H,12H2,1-3H3,(H,13,14);1-5H/b19-12+;;. The summed E-state index contributed by atoms with van der Waals surface area (Å²) in [7, 11) is 0. The molecule has 0 bridgehead atoms. The van der Waals surface area contributed by atoms with Gasteiger partial charge in [0, 0.05) is 23.3 Å². The Labute approximate surface area is 284 Å². The Morgan fingerprint density at radius 1 is 0.653 bits per heavy atom. The first-order valence-electron chi connectivity index (χ1n) is 15.0. The minimum absolute atomic E-state index is 0.0133. The first kappa shape index (κ1) is 39.1. The molecule has 0 aliphatic carbocycles. The first-order valence-corrected chi connectivity index (χ1v) is 15.0. The van der Waals surface area contributed by atoms with Crippen LogP contribution in [0.2, 0.25) is 0 Å². The maximum Gasteiger partial charge on any atom is 0.279 e. The van der Waals surface area contributed by atoms with Gasteiger partial charge in [-0.15, -0.1) is 0 Å². The Morgan fingerprint density at radius 3 is 1.41 bits per heavy atom. The summed E-state index contributed by atoms with van der Waals surface area (Å²) in [5.74, 6) is 4.40. The van der Waals surface area contributed by atoms with E-state index in [9.17, 15) is 34.6 Å². The Bertz CT molecular complexity index is 1790. The summed E-state index contributed by atoms with van der Waals surface area (Å²) in [6.45, 7) is 12.7. The molecule has 0 aliphatic rings. The van der Waals surface area contributed by atoms with E-state index >= 15 is 0 Å². The predicted octanol–water partition coefficient (Wildman–Crippen LogP) is 6.65. The number of nitrogens with one attached hydrogen (secondary N) is 2. The molecule has 0 fully saturated rings. The van der Waals surface area contributed by atoms with E-state index in [-0.39, 0.29) is 39.6 Å². The number of carbonyl (C=O) groups is 3. The van der Waals surface area contributed by atoms with Crippen LogP contribution in [0.15, 0.2) is 102 Å². The van der Waals surface area contributed by atoms with E-state index in [1.807, 2.05) is 24.3 Å². The third-order valence-electron chi connectivity index (χ3n) is 6.92. The maximum absolute atomic E-state index is 12.1. The van der Waals surface area contributed by atoms with Gasteiger partial charge in [0.15, 0.2) is 6.29 Å². The fourth-order valence-corrected chi connectivity index (χ4v) is 4.07. The van der Waals surface area contributed by atoms with Crippen molar-refractivity contribution in [3.63, 3.8) is 0 Å². The fourth-order valence-electron chi connectivity index (χ4n) is 4.07. The summed E-state index contributed by atoms with van der Waals surface area (Å²) >= 11 is 0. The summed E-state index contributed by atoms with van der Waals surface area (Å²) in [4.78, 5) is 53.5. The molecule has 0 aliphatic heterocycles. The highest BCUT2D eigenvalue weighted by Gasteiger charge is 2.15. The van der Waals surface area contributed by atoms with Gasteiger partial charge in [0.1, 0.15) is 0 Å². The summed E-state index contributed by atoms with van der Waals surface area (Å²) in [5, 5.41) is 24.9. The number of nitro benzene ring substituents is 2. The SMILES string of the molecule is CC(C)(C)c1ccc(C(=O)N/N=C/c2ccccc2[N+](=O)[O-])cc1.CC(C)(C)c1ccc(C(=O)NN)cc1.O=Cc1ccccc1[N+](=O)[O-]. The van der Waals surface area contributed by atoms with Crippen molar-refractivity contribution in [2.45, 2.75) is 52.4 Å². The van der Waals surface area contributed by atoms with E-state index < -0.39 is 9.85 Å². The number of nitrogens with zero attached hydrogens (tertiary/aromatic N) is 3. The third kappa shape index (κ3) is 12.2. The number of nitrogen functional groups attached to an aromatic ring is 1. The third-order valence-corrected chi connectivity index (χ3v) is 6.92.